The predicted octanol–water partition coefficient (Wildman–Crippen LogP) is 5.22. The number of ether oxygens (including phenoxy) is 3. The first-order chi connectivity index (χ1) is 16.5. The number of hydrogen-bond donors (Lipinski definition) is 2. The van der Waals surface area contributed by atoms with Crippen LogP contribution < -0.4 is 19.9 Å². The standard InChI is InChI=1S/C27H25N3O4/c1-32-18-10-7-16(8-11-18)14-30-15-21-24(27(30)31)25(28)20-6-4-5-19(26(20)29-21)17-9-12-22(33-2)23(13-17)34-3/h4-13,15,31H,14,28H2,1-3H3. The van der Waals surface area contributed by atoms with Crippen LogP contribution in [0.15, 0.2) is 66.9 Å². The van der Waals surface area contributed by atoms with Crippen molar-refractivity contribution in [3.8, 4) is 34.3 Å². The highest BCUT2D eigenvalue weighted by molar-refractivity contribution is 6.12. The summed E-state index contributed by atoms with van der Waals surface area (Å²) in [5.41, 5.74) is 11.3. The van der Waals surface area contributed by atoms with Crippen molar-refractivity contribution in [2.45, 2.75) is 6.54 Å². The first kappa shape index (κ1) is 21.5. The van der Waals surface area contributed by atoms with Crippen LogP contribution in [-0.2, 0) is 6.54 Å². The van der Waals surface area contributed by atoms with Crippen LogP contribution in [0.5, 0.6) is 23.1 Å². The lowest BCUT2D eigenvalue weighted by molar-refractivity contribution is 0.355. The SMILES string of the molecule is COc1ccc(Cn2cc3nc4c(-c5ccc(OC)c(OC)c5)cccc4c(N)c3c2O)cc1. The molecule has 34 heavy (non-hydrogen) atoms. The summed E-state index contributed by atoms with van der Waals surface area (Å²) in [5.74, 6) is 2.16. The average molecular weight is 456 g/mol. The van der Waals surface area contributed by atoms with E-state index >= 15 is 0 Å². The van der Waals surface area contributed by atoms with E-state index in [1.54, 1.807) is 25.9 Å². The quantitative estimate of drug-likeness (QED) is 0.365. The lowest BCUT2D eigenvalue weighted by Gasteiger charge is -2.12. The van der Waals surface area contributed by atoms with Crippen molar-refractivity contribution in [3.05, 3.63) is 72.4 Å². The Morgan fingerprint density at radius 3 is 2.38 bits per heavy atom. The Kier molecular flexibility index (Phi) is 5.37. The highest BCUT2D eigenvalue weighted by Gasteiger charge is 2.18. The van der Waals surface area contributed by atoms with Crippen LogP contribution in [0.25, 0.3) is 32.9 Å². The summed E-state index contributed by atoms with van der Waals surface area (Å²) in [6.07, 6.45) is 1.83. The number of nitrogens with two attached hydrogens (primary N) is 1. The molecule has 0 amide bonds. The maximum Gasteiger partial charge on any atom is 0.203 e. The fraction of sp³-hybridized carbons (Fsp3) is 0.148. The zero-order valence-electron chi connectivity index (χ0n) is 19.2. The Hall–Kier alpha value is -4.39. The molecule has 0 spiro atoms. The van der Waals surface area contributed by atoms with Crippen molar-refractivity contribution in [2.24, 2.45) is 0 Å². The average Bonchev–Trinajstić information content (AvgIpc) is 3.18. The number of rotatable bonds is 6. The van der Waals surface area contributed by atoms with Gasteiger partial charge in [0.15, 0.2) is 11.5 Å². The monoisotopic (exact) mass is 455 g/mol. The van der Waals surface area contributed by atoms with Crippen LogP contribution in [0.3, 0.4) is 0 Å². The second-order valence-electron chi connectivity index (χ2n) is 7.99. The fourth-order valence-electron chi connectivity index (χ4n) is 4.30. The molecule has 0 saturated heterocycles. The molecule has 0 aliphatic heterocycles. The Morgan fingerprint density at radius 1 is 0.912 bits per heavy atom. The molecular formula is C27H25N3O4. The number of nitrogens with zero attached hydrogens (tertiary/aromatic N) is 2. The van der Waals surface area contributed by atoms with Crippen LogP contribution in [0, 0.1) is 0 Å². The lowest BCUT2D eigenvalue weighted by Crippen LogP contribution is -1.97. The van der Waals surface area contributed by atoms with Crippen molar-refractivity contribution >= 4 is 27.5 Å². The number of hydrogen-bond acceptors (Lipinski definition) is 6. The van der Waals surface area contributed by atoms with Gasteiger partial charge in [-0.2, -0.15) is 0 Å². The van der Waals surface area contributed by atoms with E-state index in [0.717, 1.165) is 33.3 Å². The molecule has 5 aromatic rings. The molecule has 0 fully saturated rings. The normalized spacial score (nSPS) is 11.1. The summed E-state index contributed by atoms with van der Waals surface area (Å²) in [5, 5.41) is 12.3. The highest BCUT2D eigenvalue weighted by atomic mass is 16.5. The molecule has 7 nitrogen and oxygen atoms in total. The van der Waals surface area contributed by atoms with Gasteiger partial charge >= 0.3 is 0 Å². The van der Waals surface area contributed by atoms with Gasteiger partial charge in [0.1, 0.15) is 5.75 Å². The summed E-state index contributed by atoms with van der Waals surface area (Å²) >= 11 is 0. The van der Waals surface area contributed by atoms with Crippen molar-refractivity contribution < 1.29 is 19.3 Å². The van der Waals surface area contributed by atoms with Crippen molar-refractivity contribution in [3.63, 3.8) is 0 Å². The molecule has 0 aliphatic carbocycles. The maximum absolute atomic E-state index is 11.0. The Morgan fingerprint density at radius 2 is 1.68 bits per heavy atom. The maximum atomic E-state index is 11.0. The topological polar surface area (TPSA) is 91.8 Å². The van der Waals surface area contributed by atoms with Crippen molar-refractivity contribution in [2.75, 3.05) is 27.1 Å². The van der Waals surface area contributed by atoms with E-state index in [4.69, 9.17) is 24.9 Å². The number of para-hydroxylation sites is 1. The molecule has 0 aliphatic rings. The summed E-state index contributed by atoms with van der Waals surface area (Å²) < 4.78 is 17.8. The second-order valence-corrected chi connectivity index (χ2v) is 7.99. The van der Waals surface area contributed by atoms with Gasteiger partial charge in [0, 0.05) is 17.1 Å². The number of nitrogen functional groups attached to an aromatic ring is 1. The van der Waals surface area contributed by atoms with Gasteiger partial charge in [0.05, 0.1) is 50.0 Å². The molecule has 3 N–H and O–H groups in total. The minimum absolute atomic E-state index is 0.0919. The largest absolute Gasteiger partial charge is 0.497 e. The van der Waals surface area contributed by atoms with Gasteiger partial charge in [-0.15, -0.1) is 0 Å². The first-order valence-corrected chi connectivity index (χ1v) is 10.8. The first-order valence-electron chi connectivity index (χ1n) is 10.8. The van der Waals surface area contributed by atoms with E-state index < -0.39 is 0 Å². The Balaban J connectivity index is 1.65. The summed E-state index contributed by atoms with van der Waals surface area (Å²) in [4.78, 5) is 4.91. The summed E-state index contributed by atoms with van der Waals surface area (Å²) in [6, 6.07) is 19.3. The third kappa shape index (κ3) is 3.51. The van der Waals surface area contributed by atoms with Gasteiger partial charge in [-0.25, -0.2) is 4.98 Å². The second kappa shape index (κ2) is 8.51. The minimum atomic E-state index is 0.0919. The Bertz CT molecular complexity index is 1510. The molecule has 172 valence electrons. The predicted molar refractivity (Wildman–Crippen MR) is 134 cm³/mol. The van der Waals surface area contributed by atoms with E-state index in [-0.39, 0.29) is 5.88 Å². The summed E-state index contributed by atoms with van der Waals surface area (Å²) in [7, 11) is 4.85. The van der Waals surface area contributed by atoms with Crippen LogP contribution in [0.2, 0.25) is 0 Å². The highest BCUT2D eigenvalue weighted by Crippen LogP contribution is 2.40. The van der Waals surface area contributed by atoms with Gasteiger partial charge in [0.2, 0.25) is 5.88 Å². The molecule has 0 unspecified atom stereocenters. The van der Waals surface area contributed by atoms with E-state index in [1.807, 2.05) is 66.9 Å². The molecule has 0 saturated carbocycles. The number of aromatic nitrogens is 2. The smallest absolute Gasteiger partial charge is 0.203 e. The van der Waals surface area contributed by atoms with Gasteiger partial charge in [-0.1, -0.05) is 36.4 Å². The van der Waals surface area contributed by atoms with Crippen molar-refractivity contribution in [1.82, 2.24) is 9.55 Å². The molecule has 7 heteroatoms. The Labute approximate surface area is 196 Å². The van der Waals surface area contributed by atoms with Crippen LogP contribution in [0.1, 0.15) is 5.56 Å². The number of benzene rings is 3. The van der Waals surface area contributed by atoms with Gasteiger partial charge in [0.25, 0.3) is 0 Å². The third-order valence-corrected chi connectivity index (χ3v) is 6.06. The number of anilines is 1. The number of aromatic hydroxyl groups is 1. The van der Waals surface area contributed by atoms with Crippen LogP contribution >= 0.6 is 0 Å². The van der Waals surface area contributed by atoms with Gasteiger partial charge in [-0.05, 0) is 35.4 Å². The summed E-state index contributed by atoms with van der Waals surface area (Å²) in [6.45, 7) is 0.477. The molecule has 2 heterocycles. The minimum Gasteiger partial charge on any atom is -0.497 e. The zero-order chi connectivity index (χ0) is 23.8. The van der Waals surface area contributed by atoms with Crippen LogP contribution in [0.4, 0.5) is 5.69 Å². The molecule has 5 rings (SSSR count). The zero-order valence-corrected chi connectivity index (χ0v) is 19.2. The van der Waals surface area contributed by atoms with E-state index in [0.29, 0.717) is 34.6 Å². The number of pyridine rings is 1. The van der Waals surface area contributed by atoms with Crippen molar-refractivity contribution in [1.29, 1.82) is 0 Å². The lowest BCUT2D eigenvalue weighted by atomic mass is 10.00. The van der Waals surface area contributed by atoms with Gasteiger partial charge in [-0.3, -0.25) is 0 Å². The molecular weight excluding hydrogens is 430 g/mol. The van der Waals surface area contributed by atoms with E-state index in [2.05, 4.69) is 0 Å². The third-order valence-electron chi connectivity index (χ3n) is 6.06. The van der Waals surface area contributed by atoms with E-state index in [9.17, 15) is 5.11 Å². The molecule has 0 bridgehead atoms. The molecule has 2 aromatic heterocycles. The number of methoxy groups -OCH3 is 3. The molecule has 0 atom stereocenters. The molecule has 3 aromatic carbocycles. The van der Waals surface area contributed by atoms with Crippen LogP contribution in [-0.4, -0.2) is 36.0 Å². The van der Waals surface area contributed by atoms with E-state index in [1.165, 1.54) is 0 Å². The van der Waals surface area contributed by atoms with Gasteiger partial charge < -0.3 is 29.6 Å². The fourth-order valence-corrected chi connectivity index (χ4v) is 4.30. The molecule has 0 radical (unpaired) electrons. The number of fused-ring (bicyclic) bond motifs is 2.